The minimum atomic E-state index is 0.374. The summed E-state index contributed by atoms with van der Waals surface area (Å²) in [6.07, 6.45) is 5.86. The summed E-state index contributed by atoms with van der Waals surface area (Å²) in [6, 6.07) is 16.4. The van der Waals surface area contributed by atoms with Crippen LogP contribution in [0.3, 0.4) is 0 Å². The Labute approximate surface area is 179 Å². The van der Waals surface area contributed by atoms with Crippen molar-refractivity contribution in [3.63, 3.8) is 0 Å². The van der Waals surface area contributed by atoms with Gasteiger partial charge in [0.25, 0.3) is 0 Å². The van der Waals surface area contributed by atoms with Crippen LogP contribution in [-0.2, 0) is 0 Å². The maximum atomic E-state index is 6.23. The number of rotatable bonds is 3. The van der Waals surface area contributed by atoms with Crippen LogP contribution in [0.15, 0.2) is 60.9 Å². The normalized spacial score (nSPS) is 15.1. The van der Waals surface area contributed by atoms with Crippen molar-refractivity contribution in [1.82, 2.24) is 15.3 Å². The number of fused-ring (bicyclic) bond motifs is 2. The van der Waals surface area contributed by atoms with E-state index in [4.69, 9.17) is 23.2 Å². The molecule has 146 valence electrons. The van der Waals surface area contributed by atoms with Gasteiger partial charge in [0.2, 0.25) is 0 Å². The Hall–Kier alpha value is -2.40. The summed E-state index contributed by atoms with van der Waals surface area (Å²) in [5, 5.41) is 7.05. The first-order chi connectivity index (χ1) is 14.2. The number of anilines is 2. The van der Waals surface area contributed by atoms with Gasteiger partial charge in [0.1, 0.15) is 0 Å². The first-order valence-electron chi connectivity index (χ1n) is 9.79. The van der Waals surface area contributed by atoms with Gasteiger partial charge in [0, 0.05) is 39.3 Å². The van der Waals surface area contributed by atoms with Crippen molar-refractivity contribution in [2.24, 2.45) is 0 Å². The predicted octanol–water partition coefficient (Wildman–Crippen LogP) is 5.98. The fourth-order valence-corrected chi connectivity index (χ4v) is 4.55. The molecule has 0 bridgehead atoms. The van der Waals surface area contributed by atoms with Crippen LogP contribution in [0, 0.1) is 0 Å². The molecule has 29 heavy (non-hydrogen) atoms. The minimum absolute atomic E-state index is 0.374. The summed E-state index contributed by atoms with van der Waals surface area (Å²) in [5.74, 6) is 0. The SMILES string of the molecule is Clc1ccc2c(N(c3ccnc4cc(Cl)ccc34)C3CCNCC3)ccnc2c1. The number of hydrogen-bond donors (Lipinski definition) is 1. The fourth-order valence-electron chi connectivity index (χ4n) is 4.22. The van der Waals surface area contributed by atoms with Gasteiger partial charge in [-0.25, -0.2) is 0 Å². The van der Waals surface area contributed by atoms with Crippen LogP contribution in [0.4, 0.5) is 11.4 Å². The highest BCUT2D eigenvalue weighted by atomic mass is 35.5. The van der Waals surface area contributed by atoms with Crippen LogP contribution in [0.2, 0.25) is 10.0 Å². The lowest BCUT2D eigenvalue weighted by Crippen LogP contribution is -2.41. The van der Waals surface area contributed by atoms with Crippen molar-refractivity contribution in [2.75, 3.05) is 18.0 Å². The van der Waals surface area contributed by atoms with Gasteiger partial charge in [-0.1, -0.05) is 23.2 Å². The third-order valence-electron chi connectivity index (χ3n) is 5.56. The Balaban J connectivity index is 1.76. The first-order valence-corrected chi connectivity index (χ1v) is 10.5. The Kier molecular flexibility index (Phi) is 5.00. The van der Waals surface area contributed by atoms with Gasteiger partial charge in [0.15, 0.2) is 0 Å². The van der Waals surface area contributed by atoms with Gasteiger partial charge in [0.05, 0.1) is 22.4 Å². The number of benzene rings is 2. The zero-order valence-corrected chi connectivity index (χ0v) is 17.3. The van der Waals surface area contributed by atoms with Crippen LogP contribution >= 0.6 is 23.2 Å². The van der Waals surface area contributed by atoms with Gasteiger partial charge in [-0.2, -0.15) is 0 Å². The zero-order chi connectivity index (χ0) is 19.8. The van der Waals surface area contributed by atoms with Gasteiger partial charge < -0.3 is 10.2 Å². The number of hydrogen-bond acceptors (Lipinski definition) is 4. The van der Waals surface area contributed by atoms with Gasteiger partial charge in [-0.3, -0.25) is 9.97 Å². The number of halogens is 2. The van der Waals surface area contributed by atoms with E-state index >= 15 is 0 Å². The van der Waals surface area contributed by atoms with Crippen molar-refractivity contribution in [2.45, 2.75) is 18.9 Å². The summed E-state index contributed by atoms with van der Waals surface area (Å²) < 4.78 is 0. The molecule has 1 N–H and O–H groups in total. The average molecular weight is 423 g/mol. The molecule has 0 unspecified atom stereocenters. The van der Waals surface area contributed by atoms with Crippen LogP contribution in [0.1, 0.15) is 12.8 Å². The monoisotopic (exact) mass is 422 g/mol. The molecule has 1 aliphatic heterocycles. The van der Waals surface area contributed by atoms with E-state index in [0.29, 0.717) is 16.1 Å². The Morgan fingerprint density at radius 2 is 1.28 bits per heavy atom. The molecule has 1 saturated heterocycles. The molecule has 1 fully saturated rings. The van der Waals surface area contributed by atoms with Crippen molar-refractivity contribution in [1.29, 1.82) is 0 Å². The van der Waals surface area contributed by atoms with Gasteiger partial charge in [-0.15, -0.1) is 0 Å². The van der Waals surface area contributed by atoms with Crippen molar-refractivity contribution >= 4 is 56.4 Å². The summed E-state index contributed by atoms with van der Waals surface area (Å²) in [4.78, 5) is 11.5. The lowest BCUT2D eigenvalue weighted by Gasteiger charge is -2.37. The maximum Gasteiger partial charge on any atom is 0.0737 e. The fraction of sp³-hybridized carbons (Fsp3) is 0.217. The molecule has 0 atom stereocenters. The number of nitrogens with zero attached hydrogens (tertiary/aromatic N) is 3. The van der Waals surface area contributed by atoms with Crippen LogP contribution < -0.4 is 10.2 Å². The third kappa shape index (κ3) is 3.52. The standard InChI is InChI=1S/C23H20Cl2N4/c24-15-1-3-18-20(13-15)27-11-7-22(18)29(17-5-9-26-10-6-17)23-8-12-28-21-14-16(25)2-4-19(21)23/h1-4,7-8,11-14,17,26H,5-6,9-10H2. The highest BCUT2D eigenvalue weighted by Gasteiger charge is 2.26. The smallest absolute Gasteiger partial charge is 0.0737 e. The quantitative estimate of drug-likeness (QED) is 0.440. The minimum Gasteiger partial charge on any atom is -0.337 e. The van der Waals surface area contributed by atoms with Crippen LogP contribution in [0.25, 0.3) is 21.8 Å². The molecule has 4 aromatic rings. The maximum absolute atomic E-state index is 6.23. The number of aromatic nitrogens is 2. The topological polar surface area (TPSA) is 41.1 Å². The Bertz CT molecular complexity index is 1100. The summed E-state index contributed by atoms with van der Waals surface area (Å²) >= 11 is 12.5. The average Bonchev–Trinajstić information content (AvgIpc) is 2.74. The van der Waals surface area contributed by atoms with Gasteiger partial charge in [-0.05, 0) is 74.5 Å². The largest absolute Gasteiger partial charge is 0.337 e. The van der Waals surface area contributed by atoms with E-state index in [1.165, 1.54) is 0 Å². The number of nitrogens with one attached hydrogen (secondary N) is 1. The first kappa shape index (κ1) is 18.6. The van der Waals surface area contributed by atoms with E-state index in [1.807, 2.05) is 36.7 Å². The molecule has 1 aliphatic rings. The highest BCUT2D eigenvalue weighted by molar-refractivity contribution is 6.31. The molecule has 0 radical (unpaired) electrons. The third-order valence-corrected chi connectivity index (χ3v) is 6.03. The van der Waals surface area contributed by atoms with Crippen LogP contribution in [-0.4, -0.2) is 29.1 Å². The summed E-state index contributed by atoms with van der Waals surface area (Å²) in [7, 11) is 0. The van der Waals surface area contributed by atoms with E-state index in [9.17, 15) is 0 Å². The van der Waals surface area contributed by atoms with Crippen molar-refractivity contribution < 1.29 is 0 Å². The second-order valence-corrected chi connectivity index (χ2v) is 8.21. The predicted molar refractivity (Wildman–Crippen MR) is 122 cm³/mol. The summed E-state index contributed by atoms with van der Waals surface area (Å²) in [6.45, 7) is 2.01. The van der Waals surface area contributed by atoms with Crippen molar-refractivity contribution in [3.05, 3.63) is 71.0 Å². The molecule has 5 rings (SSSR count). The molecule has 0 aliphatic carbocycles. The molecule has 0 amide bonds. The zero-order valence-electron chi connectivity index (χ0n) is 15.8. The molecule has 0 saturated carbocycles. The Morgan fingerprint density at radius 1 is 0.759 bits per heavy atom. The molecule has 3 heterocycles. The second-order valence-electron chi connectivity index (χ2n) is 7.33. The van der Waals surface area contributed by atoms with Gasteiger partial charge >= 0.3 is 0 Å². The second kappa shape index (κ2) is 7.79. The summed E-state index contributed by atoms with van der Waals surface area (Å²) in [5.41, 5.74) is 4.08. The van der Waals surface area contributed by atoms with Crippen molar-refractivity contribution in [3.8, 4) is 0 Å². The highest BCUT2D eigenvalue weighted by Crippen LogP contribution is 2.39. The van der Waals surface area contributed by atoms with E-state index in [-0.39, 0.29) is 0 Å². The molecule has 0 spiro atoms. The molecule has 2 aromatic heterocycles. The van der Waals surface area contributed by atoms with Crippen LogP contribution in [0.5, 0.6) is 0 Å². The molecule has 6 heteroatoms. The molecular formula is C23H20Cl2N4. The number of piperidine rings is 1. The lowest BCUT2D eigenvalue weighted by atomic mass is 10.0. The Morgan fingerprint density at radius 3 is 1.79 bits per heavy atom. The van der Waals surface area contributed by atoms with E-state index < -0.39 is 0 Å². The van der Waals surface area contributed by atoms with E-state index in [1.54, 1.807) is 0 Å². The lowest BCUT2D eigenvalue weighted by molar-refractivity contribution is 0.453. The molecular weight excluding hydrogens is 403 g/mol. The number of pyridine rings is 2. The molecule has 2 aromatic carbocycles. The molecule has 4 nitrogen and oxygen atoms in total. The van der Waals surface area contributed by atoms with E-state index in [2.05, 4.69) is 44.5 Å². The van der Waals surface area contributed by atoms with E-state index in [0.717, 1.165) is 59.1 Å².